The van der Waals surface area contributed by atoms with E-state index in [4.69, 9.17) is 0 Å². The van der Waals surface area contributed by atoms with Crippen molar-refractivity contribution in [3.05, 3.63) is 47.0 Å². The lowest BCUT2D eigenvalue weighted by Gasteiger charge is -2.18. The van der Waals surface area contributed by atoms with Gasteiger partial charge in [-0.15, -0.1) is 10.2 Å². The minimum absolute atomic E-state index is 0.136. The third-order valence-electron chi connectivity index (χ3n) is 5.14. The molecule has 1 aromatic heterocycles. The van der Waals surface area contributed by atoms with E-state index in [0.29, 0.717) is 12.0 Å². The van der Waals surface area contributed by atoms with E-state index in [1.54, 1.807) is 0 Å². The zero-order valence-corrected chi connectivity index (χ0v) is 13.7. The minimum Gasteiger partial charge on any atom is -0.336 e. The molecular weight excluding hydrogens is 288 g/mol. The van der Waals surface area contributed by atoms with Gasteiger partial charge in [0.05, 0.1) is 6.04 Å². The maximum Gasteiger partial charge on any atom is 0.253 e. The number of carbonyl (C=O) groups is 1. The summed E-state index contributed by atoms with van der Waals surface area (Å²) in [5, 5.41) is 8.37. The van der Waals surface area contributed by atoms with Crippen LogP contribution in [0, 0.1) is 13.8 Å². The van der Waals surface area contributed by atoms with E-state index < -0.39 is 0 Å². The van der Waals surface area contributed by atoms with Crippen molar-refractivity contribution in [3.63, 3.8) is 0 Å². The number of carbonyl (C=O) groups excluding carboxylic acids is 1. The normalized spacial score (nSPS) is 21.0. The first-order valence-electron chi connectivity index (χ1n) is 8.39. The van der Waals surface area contributed by atoms with Crippen LogP contribution >= 0.6 is 0 Å². The van der Waals surface area contributed by atoms with E-state index >= 15 is 0 Å². The average molecular weight is 310 g/mol. The summed E-state index contributed by atoms with van der Waals surface area (Å²) in [4.78, 5) is 14.7. The van der Waals surface area contributed by atoms with Gasteiger partial charge in [0.2, 0.25) is 0 Å². The highest BCUT2D eigenvalue weighted by Gasteiger charge is 2.34. The molecule has 0 bridgehead atoms. The van der Waals surface area contributed by atoms with E-state index in [-0.39, 0.29) is 5.91 Å². The molecule has 0 spiro atoms. The smallest absolute Gasteiger partial charge is 0.253 e. The van der Waals surface area contributed by atoms with Crippen LogP contribution in [0.15, 0.2) is 24.5 Å². The van der Waals surface area contributed by atoms with Gasteiger partial charge in [0, 0.05) is 24.6 Å². The summed E-state index contributed by atoms with van der Waals surface area (Å²) in [5.74, 6) is 1.83. The first kappa shape index (κ1) is 14.4. The molecule has 1 saturated heterocycles. The van der Waals surface area contributed by atoms with Crippen LogP contribution in [-0.4, -0.2) is 38.7 Å². The van der Waals surface area contributed by atoms with Gasteiger partial charge in [-0.05, 0) is 56.4 Å². The molecule has 1 aliphatic carbocycles. The van der Waals surface area contributed by atoms with E-state index in [1.807, 2.05) is 29.4 Å². The van der Waals surface area contributed by atoms with Crippen molar-refractivity contribution >= 4 is 5.91 Å². The molecule has 1 unspecified atom stereocenters. The summed E-state index contributed by atoms with van der Waals surface area (Å²) >= 11 is 0. The summed E-state index contributed by atoms with van der Waals surface area (Å²) < 4.78 is 2.20. The second-order valence-corrected chi connectivity index (χ2v) is 6.86. The molecule has 2 heterocycles. The summed E-state index contributed by atoms with van der Waals surface area (Å²) in [5.41, 5.74) is 3.18. The number of aryl methyl sites for hydroxylation is 2. The fourth-order valence-corrected chi connectivity index (χ4v) is 3.38. The number of aromatic nitrogens is 3. The Bertz CT molecular complexity index is 747. The van der Waals surface area contributed by atoms with Crippen molar-refractivity contribution in [1.29, 1.82) is 0 Å². The topological polar surface area (TPSA) is 51.0 Å². The largest absolute Gasteiger partial charge is 0.336 e. The Morgan fingerprint density at radius 1 is 1.17 bits per heavy atom. The Labute approximate surface area is 136 Å². The van der Waals surface area contributed by atoms with Crippen LogP contribution in [0.4, 0.5) is 0 Å². The standard InChI is InChI=1S/C18H22N4O/c1-12-3-4-15(9-13(12)2)18(23)21-8-7-16(10-21)22-11-19-20-17(22)14-5-6-14/h3-4,9,11,14,16H,5-8,10H2,1-2H3. The van der Waals surface area contributed by atoms with Crippen molar-refractivity contribution in [1.82, 2.24) is 19.7 Å². The van der Waals surface area contributed by atoms with Crippen LogP contribution < -0.4 is 0 Å². The van der Waals surface area contributed by atoms with E-state index in [0.717, 1.165) is 30.9 Å². The predicted molar refractivity (Wildman–Crippen MR) is 87.5 cm³/mol. The number of likely N-dealkylation sites (tertiary alicyclic amines) is 1. The van der Waals surface area contributed by atoms with Crippen molar-refractivity contribution in [2.24, 2.45) is 0 Å². The molecule has 4 rings (SSSR count). The number of rotatable bonds is 3. The minimum atomic E-state index is 0.136. The Kier molecular flexibility index (Phi) is 3.43. The Morgan fingerprint density at radius 2 is 2.00 bits per heavy atom. The summed E-state index contributed by atoms with van der Waals surface area (Å²) in [6, 6.07) is 6.28. The zero-order chi connectivity index (χ0) is 16.0. The van der Waals surface area contributed by atoms with Gasteiger partial charge < -0.3 is 9.47 Å². The van der Waals surface area contributed by atoms with E-state index in [1.165, 1.54) is 24.0 Å². The molecule has 1 atom stereocenters. The number of benzene rings is 1. The van der Waals surface area contributed by atoms with Crippen LogP contribution in [0.25, 0.3) is 0 Å². The number of hydrogen-bond donors (Lipinski definition) is 0. The number of hydrogen-bond acceptors (Lipinski definition) is 3. The molecule has 0 N–H and O–H groups in total. The molecule has 2 aromatic rings. The van der Waals surface area contributed by atoms with E-state index in [2.05, 4.69) is 28.6 Å². The zero-order valence-electron chi connectivity index (χ0n) is 13.7. The highest BCUT2D eigenvalue weighted by molar-refractivity contribution is 5.94. The van der Waals surface area contributed by atoms with Gasteiger partial charge in [0.15, 0.2) is 0 Å². The molecule has 1 aromatic carbocycles. The van der Waals surface area contributed by atoms with Crippen molar-refractivity contribution in [3.8, 4) is 0 Å². The maximum absolute atomic E-state index is 12.7. The molecule has 5 nitrogen and oxygen atoms in total. The van der Waals surface area contributed by atoms with E-state index in [9.17, 15) is 4.79 Å². The lowest BCUT2D eigenvalue weighted by atomic mass is 10.1. The van der Waals surface area contributed by atoms with Crippen LogP contribution in [0.1, 0.15) is 58.5 Å². The van der Waals surface area contributed by atoms with Crippen LogP contribution in [0.3, 0.4) is 0 Å². The van der Waals surface area contributed by atoms with Gasteiger partial charge in [-0.2, -0.15) is 0 Å². The lowest BCUT2D eigenvalue weighted by molar-refractivity contribution is 0.0787. The summed E-state index contributed by atoms with van der Waals surface area (Å²) in [7, 11) is 0. The Balaban J connectivity index is 1.50. The molecular formula is C18H22N4O. The molecule has 120 valence electrons. The second-order valence-electron chi connectivity index (χ2n) is 6.86. The molecule has 2 aliphatic rings. The monoisotopic (exact) mass is 310 g/mol. The van der Waals surface area contributed by atoms with Crippen LogP contribution in [0.5, 0.6) is 0 Å². The SMILES string of the molecule is Cc1ccc(C(=O)N2CCC(n3cnnc3C3CC3)C2)cc1C. The van der Waals surface area contributed by atoms with Gasteiger partial charge in [-0.1, -0.05) is 6.07 Å². The van der Waals surface area contributed by atoms with Crippen molar-refractivity contribution in [2.75, 3.05) is 13.1 Å². The molecule has 0 radical (unpaired) electrons. The predicted octanol–water partition coefficient (Wildman–Crippen LogP) is 2.86. The van der Waals surface area contributed by atoms with Crippen molar-refractivity contribution in [2.45, 2.75) is 45.1 Å². The molecule has 2 fully saturated rings. The third kappa shape index (κ3) is 2.64. The first-order valence-corrected chi connectivity index (χ1v) is 8.39. The fourth-order valence-electron chi connectivity index (χ4n) is 3.38. The quantitative estimate of drug-likeness (QED) is 0.876. The van der Waals surface area contributed by atoms with Gasteiger partial charge >= 0.3 is 0 Å². The Morgan fingerprint density at radius 3 is 2.74 bits per heavy atom. The molecule has 23 heavy (non-hydrogen) atoms. The van der Waals surface area contributed by atoms with Crippen LogP contribution in [-0.2, 0) is 0 Å². The molecule has 1 saturated carbocycles. The summed E-state index contributed by atoms with van der Waals surface area (Å²) in [6.45, 7) is 5.68. The van der Waals surface area contributed by atoms with Crippen LogP contribution in [0.2, 0.25) is 0 Å². The van der Waals surface area contributed by atoms with Crippen molar-refractivity contribution < 1.29 is 4.79 Å². The fraction of sp³-hybridized carbons (Fsp3) is 0.500. The number of nitrogens with zero attached hydrogens (tertiary/aromatic N) is 4. The van der Waals surface area contributed by atoms with Gasteiger partial charge in [0.25, 0.3) is 5.91 Å². The van der Waals surface area contributed by atoms with Gasteiger partial charge in [-0.3, -0.25) is 4.79 Å². The average Bonchev–Trinajstić information content (AvgIpc) is 3.09. The molecule has 1 aliphatic heterocycles. The van der Waals surface area contributed by atoms with Gasteiger partial charge in [0.1, 0.15) is 12.2 Å². The Hall–Kier alpha value is -2.17. The first-order chi connectivity index (χ1) is 11.1. The highest BCUT2D eigenvalue weighted by Crippen LogP contribution is 2.40. The highest BCUT2D eigenvalue weighted by atomic mass is 16.2. The lowest BCUT2D eigenvalue weighted by Crippen LogP contribution is -2.29. The molecule has 5 heteroatoms. The number of amides is 1. The van der Waals surface area contributed by atoms with Gasteiger partial charge in [-0.25, -0.2) is 0 Å². The maximum atomic E-state index is 12.7. The second kappa shape index (κ2) is 5.48. The molecule has 1 amide bonds. The third-order valence-corrected chi connectivity index (χ3v) is 5.14. The summed E-state index contributed by atoms with van der Waals surface area (Å²) in [6.07, 6.45) is 5.25.